The minimum absolute atomic E-state index is 0.835. The molecule has 0 N–H and O–H groups in total. The van der Waals surface area contributed by atoms with E-state index in [1.807, 2.05) is 43.2 Å². The number of thiol groups is 4. The van der Waals surface area contributed by atoms with Crippen molar-refractivity contribution in [2.75, 3.05) is 11.5 Å². The molecule has 22 heavy (non-hydrogen) atoms. The fraction of sp³-hybridized carbons (Fsp3) is 0.286. The molecule has 0 aromatic carbocycles. The van der Waals surface area contributed by atoms with Crippen molar-refractivity contribution in [3.8, 4) is 0 Å². The molecule has 4 rings (SSSR count). The van der Waals surface area contributed by atoms with E-state index in [9.17, 15) is 0 Å². The lowest BCUT2D eigenvalue weighted by Gasteiger charge is -2.18. The molecule has 0 saturated carbocycles. The van der Waals surface area contributed by atoms with Gasteiger partial charge >= 0.3 is 0 Å². The Morgan fingerprint density at radius 3 is 1.77 bits per heavy atom. The van der Waals surface area contributed by atoms with Gasteiger partial charge in [-0.2, -0.15) is 0 Å². The Bertz CT molecular complexity index is 674. The summed E-state index contributed by atoms with van der Waals surface area (Å²) in [6.45, 7) is 0. The third kappa shape index (κ3) is 2.55. The Hall–Kier alpha value is 1.50. The quantitative estimate of drug-likeness (QED) is 0.251. The van der Waals surface area contributed by atoms with Crippen LogP contribution in [0.1, 0.15) is 12.8 Å². The monoisotopic (exact) mass is 436 g/mol. The highest BCUT2D eigenvalue weighted by atomic mass is 33.1. The van der Waals surface area contributed by atoms with Gasteiger partial charge in [-0.05, 0) is 24.0 Å². The smallest absolute Gasteiger partial charge is 0.0326 e. The van der Waals surface area contributed by atoms with Crippen LogP contribution in [-0.2, 0) is 0 Å². The van der Waals surface area contributed by atoms with Gasteiger partial charge in [0.1, 0.15) is 0 Å². The molecule has 8 heteroatoms. The van der Waals surface area contributed by atoms with Crippen LogP contribution in [0.25, 0.3) is 0 Å². The molecule has 0 aromatic rings. The van der Waals surface area contributed by atoms with Gasteiger partial charge in [0.05, 0.1) is 0 Å². The van der Waals surface area contributed by atoms with Crippen molar-refractivity contribution in [3.63, 3.8) is 0 Å². The molecule has 0 saturated heterocycles. The van der Waals surface area contributed by atoms with Crippen molar-refractivity contribution in [1.82, 2.24) is 0 Å². The summed E-state index contributed by atoms with van der Waals surface area (Å²) in [5.41, 5.74) is 5.50. The molecular formula is C14H12S8. The van der Waals surface area contributed by atoms with E-state index in [4.69, 9.17) is 25.3 Å². The summed E-state index contributed by atoms with van der Waals surface area (Å²) in [4.78, 5) is 6.41. The number of rotatable bonds is 0. The van der Waals surface area contributed by atoms with Gasteiger partial charge in [0.25, 0.3) is 0 Å². The molecule has 2 aliphatic carbocycles. The fourth-order valence-corrected chi connectivity index (χ4v) is 9.42. The molecule has 116 valence electrons. The molecule has 0 spiro atoms. The SMILES string of the molecule is SC1=C(S)C(=C2C3=C(SSCC3)C3=C2SSCC3)C(S)=C1S. The van der Waals surface area contributed by atoms with Crippen LogP contribution in [0.2, 0.25) is 0 Å². The highest BCUT2D eigenvalue weighted by molar-refractivity contribution is 8.79. The number of fused-ring (bicyclic) bond motifs is 1. The Morgan fingerprint density at radius 2 is 1.14 bits per heavy atom. The summed E-state index contributed by atoms with van der Waals surface area (Å²) in [5, 5.41) is 0. The molecule has 0 amide bonds. The van der Waals surface area contributed by atoms with E-state index in [0.29, 0.717) is 0 Å². The summed E-state index contributed by atoms with van der Waals surface area (Å²) in [5.74, 6) is 2.36. The summed E-state index contributed by atoms with van der Waals surface area (Å²) in [7, 11) is 7.77. The minimum Gasteiger partial charge on any atom is -0.142 e. The van der Waals surface area contributed by atoms with Crippen molar-refractivity contribution in [3.05, 3.63) is 51.7 Å². The zero-order chi connectivity index (χ0) is 15.4. The van der Waals surface area contributed by atoms with Crippen molar-refractivity contribution in [1.29, 1.82) is 0 Å². The van der Waals surface area contributed by atoms with Crippen LogP contribution in [0.5, 0.6) is 0 Å². The van der Waals surface area contributed by atoms with Gasteiger partial charge in [-0.3, -0.25) is 0 Å². The summed E-state index contributed by atoms with van der Waals surface area (Å²) >= 11 is 18.6. The lowest BCUT2D eigenvalue weighted by atomic mass is 10.0. The van der Waals surface area contributed by atoms with Crippen molar-refractivity contribution in [2.45, 2.75) is 12.8 Å². The van der Waals surface area contributed by atoms with E-state index in [1.165, 1.54) is 32.3 Å². The third-order valence-corrected chi connectivity index (χ3v) is 11.2. The van der Waals surface area contributed by atoms with Crippen LogP contribution < -0.4 is 0 Å². The molecule has 0 radical (unpaired) electrons. The van der Waals surface area contributed by atoms with Gasteiger partial charge < -0.3 is 0 Å². The van der Waals surface area contributed by atoms with E-state index >= 15 is 0 Å². The average molecular weight is 437 g/mol. The first-order valence-electron chi connectivity index (χ1n) is 6.67. The largest absolute Gasteiger partial charge is 0.142 e. The van der Waals surface area contributed by atoms with Crippen LogP contribution in [-0.4, -0.2) is 11.5 Å². The molecule has 2 aliphatic heterocycles. The van der Waals surface area contributed by atoms with Gasteiger partial charge in [-0.1, -0.05) is 43.2 Å². The van der Waals surface area contributed by atoms with Gasteiger partial charge in [0, 0.05) is 52.1 Å². The second kappa shape index (κ2) is 6.67. The normalized spacial score (nSPS) is 25.6. The highest BCUT2D eigenvalue weighted by Crippen LogP contribution is 2.62. The standard InChI is InChI=1S/C14H12S8/c15-9-8(10(16)12(18)11(9)17)7-5-1-3-19-21-13(5)6-2-4-20-22-14(6)7/h15-18H,1-4H2. The second-order valence-electron chi connectivity index (χ2n) is 5.07. The summed E-state index contributed by atoms with van der Waals surface area (Å²) in [6, 6.07) is 0. The molecule has 0 nitrogen and oxygen atoms in total. The molecule has 0 bridgehead atoms. The molecule has 4 aliphatic rings. The van der Waals surface area contributed by atoms with Crippen LogP contribution in [0.15, 0.2) is 51.7 Å². The third-order valence-electron chi connectivity index (χ3n) is 3.90. The zero-order valence-corrected chi connectivity index (χ0v) is 18.1. The van der Waals surface area contributed by atoms with Gasteiger partial charge in [-0.25, -0.2) is 0 Å². The summed E-state index contributed by atoms with van der Waals surface area (Å²) < 4.78 is 0. The first-order chi connectivity index (χ1) is 10.6. The number of allylic oxidation sites excluding steroid dienone is 5. The topological polar surface area (TPSA) is 0 Å². The van der Waals surface area contributed by atoms with Gasteiger partial charge in [0.15, 0.2) is 0 Å². The molecule has 0 aromatic heterocycles. The van der Waals surface area contributed by atoms with Crippen molar-refractivity contribution in [2.24, 2.45) is 0 Å². The first kappa shape index (κ1) is 16.9. The van der Waals surface area contributed by atoms with Gasteiger partial charge in [-0.15, -0.1) is 50.5 Å². The van der Waals surface area contributed by atoms with E-state index in [-0.39, 0.29) is 0 Å². The number of hydrogen-bond acceptors (Lipinski definition) is 8. The van der Waals surface area contributed by atoms with Crippen molar-refractivity contribution >= 4 is 93.7 Å². The highest BCUT2D eigenvalue weighted by Gasteiger charge is 2.37. The molecular weight excluding hydrogens is 425 g/mol. The predicted molar refractivity (Wildman–Crippen MR) is 120 cm³/mol. The second-order valence-corrected chi connectivity index (χ2v) is 11.7. The average Bonchev–Trinajstić information content (AvgIpc) is 2.97. The maximum absolute atomic E-state index is 4.72. The molecule has 0 unspecified atom stereocenters. The predicted octanol–water partition coefficient (Wildman–Crippen LogP) is 6.53. The molecule has 0 fully saturated rings. The lowest BCUT2D eigenvalue weighted by molar-refractivity contribution is 1.13. The lowest BCUT2D eigenvalue weighted by Crippen LogP contribution is -1.98. The van der Waals surface area contributed by atoms with Crippen LogP contribution in [0, 0.1) is 0 Å². The van der Waals surface area contributed by atoms with Crippen molar-refractivity contribution < 1.29 is 0 Å². The van der Waals surface area contributed by atoms with Gasteiger partial charge in [0.2, 0.25) is 0 Å². The maximum Gasteiger partial charge on any atom is 0.0326 e. The minimum atomic E-state index is 0.835. The van der Waals surface area contributed by atoms with E-state index < -0.39 is 0 Å². The Labute approximate surface area is 168 Å². The summed E-state index contributed by atoms with van der Waals surface area (Å²) in [6.07, 6.45) is 2.28. The Morgan fingerprint density at radius 1 is 0.591 bits per heavy atom. The van der Waals surface area contributed by atoms with E-state index in [0.717, 1.165) is 43.8 Å². The number of hydrogen-bond donors (Lipinski definition) is 4. The van der Waals surface area contributed by atoms with Crippen LogP contribution >= 0.6 is 93.7 Å². The van der Waals surface area contributed by atoms with E-state index in [2.05, 4.69) is 25.3 Å². The first-order valence-corrected chi connectivity index (χ1v) is 13.1. The van der Waals surface area contributed by atoms with Crippen LogP contribution in [0.3, 0.4) is 0 Å². The zero-order valence-electron chi connectivity index (χ0n) is 11.3. The Kier molecular flexibility index (Phi) is 5.13. The van der Waals surface area contributed by atoms with Crippen LogP contribution in [0.4, 0.5) is 0 Å². The van der Waals surface area contributed by atoms with E-state index in [1.54, 1.807) is 0 Å². The molecule has 2 heterocycles. The Balaban J connectivity index is 2.00. The molecule has 0 atom stereocenters. The maximum atomic E-state index is 4.72. The fourth-order valence-electron chi connectivity index (χ4n) is 2.91.